The van der Waals surface area contributed by atoms with Crippen LogP contribution >= 0.6 is 0 Å². The molecule has 8 heteroatoms. The van der Waals surface area contributed by atoms with Crippen molar-refractivity contribution in [3.8, 4) is 0 Å². The molecule has 3 saturated heterocycles. The maximum atomic E-state index is 12.6. The van der Waals surface area contributed by atoms with Gasteiger partial charge in [0.1, 0.15) is 5.60 Å². The number of piperidine rings is 1. The molecule has 3 N–H and O–H groups in total. The van der Waals surface area contributed by atoms with Gasteiger partial charge in [-0.25, -0.2) is 4.79 Å². The first kappa shape index (κ1) is 18.8. The number of hydrogen-bond acceptors (Lipinski definition) is 3. The lowest BCUT2D eigenvalue weighted by Gasteiger charge is -2.47. The average Bonchev–Trinajstić information content (AvgIpc) is 2.69. The number of fused-ring (bicyclic) bond motifs is 3. The van der Waals surface area contributed by atoms with E-state index in [0.29, 0.717) is 18.3 Å². The number of amides is 2. The molecule has 0 aromatic heterocycles. The molecule has 5 rings (SSSR count). The number of halogens is 3. The molecule has 2 atom stereocenters. The van der Waals surface area contributed by atoms with E-state index in [1.807, 2.05) is 12.1 Å². The highest BCUT2D eigenvalue weighted by atomic mass is 19.4. The summed E-state index contributed by atoms with van der Waals surface area (Å²) in [7, 11) is 0. The average molecular weight is 393 g/mol. The molecule has 5 nitrogen and oxygen atoms in total. The second kappa shape index (κ2) is 7.10. The van der Waals surface area contributed by atoms with Crippen molar-refractivity contribution >= 4 is 17.4 Å². The largest absolute Gasteiger partial charge is 0.416 e. The summed E-state index contributed by atoms with van der Waals surface area (Å²) in [6.07, 6.45) is -2.36. The van der Waals surface area contributed by atoms with Crippen LogP contribution in [-0.2, 0) is 16.5 Å². The number of morpholine rings is 1. The van der Waals surface area contributed by atoms with Gasteiger partial charge in [0.05, 0.1) is 12.2 Å². The van der Waals surface area contributed by atoms with Gasteiger partial charge in [-0.3, -0.25) is 0 Å². The van der Waals surface area contributed by atoms with E-state index in [2.05, 4.69) is 16.0 Å². The molecule has 28 heavy (non-hydrogen) atoms. The van der Waals surface area contributed by atoms with Crippen molar-refractivity contribution in [3.05, 3.63) is 59.7 Å². The number of carbonyl (C=O) groups is 1. The number of rotatable bonds is 3. The van der Waals surface area contributed by atoms with Crippen molar-refractivity contribution < 1.29 is 24.1 Å². The van der Waals surface area contributed by atoms with E-state index in [9.17, 15) is 18.0 Å². The van der Waals surface area contributed by atoms with Crippen LogP contribution in [0, 0.1) is 0 Å². The molecule has 3 heterocycles. The van der Waals surface area contributed by atoms with Crippen molar-refractivity contribution in [2.24, 2.45) is 0 Å². The predicted molar refractivity (Wildman–Crippen MR) is 101 cm³/mol. The van der Waals surface area contributed by atoms with Crippen molar-refractivity contribution in [1.82, 2.24) is 5.32 Å². The van der Waals surface area contributed by atoms with Crippen LogP contribution in [0.5, 0.6) is 0 Å². The minimum atomic E-state index is -4.40. The first-order chi connectivity index (χ1) is 13.3. The molecule has 0 aliphatic carbocycles. The Balaban J connectivity index is 0.00000240. The molecule has 3 aliphatic heterocycles. The normalized spacial score (nSPS) is 24.0. The Labute approximate surface area is 161 Å². The van der Waals surface area contributed by atoms with Gasteiger partial charge in [0.15, 0.2) is 0 Å². The molecule has 0 saturated carbocycles. The standard InChI is InChI=1S/C20H20F3N3O2.H2/c21-20(22,23)14-3-7-16(8-4-14)26-18(27)25-15-5-1-13(2-6-15)19-10-9-17(11-28-19)24-12-19;/h1-8,17,24H,9-12H2,(H2,25,26,27);1H. The summed E-state index contributed by atoms with van der Waals surface area (Å²) in [5.74, 6) is 0. The van der Waals surface area contributed by atoms with E-state index in [4.69, 9.17) is 4.74 Å². The fraction of sp³-hybridized carbons (Fsp3) is 0.350. The van der Waals surface area contributed by atoms with E-state index in [-0.39, 0.29) is 12.7 Å². The third-order valence-corrected chi connectivity index (χ3v) is 5.27. The van der Waals surface area contributed by atoms with Gasteiger partial charge in [0, 0.05) is 25.4 Å². The molecule has 2 aromatic carbocycles. The van der Waals surface area contributed by atoms with Gasteiger partial charge in [0.2, 0.25) is 0 Å². The Morgan fingerprint density at radius 1 is 1.07 bits per heavy atom. The van der Waals surface area contributed by atoms with Crippen LogP contribution in [0.1, 0.15) is 25.4 Å². The monoisotopic (exact) mass is 393 g/mol. The Kier molecular flexibility index (Phi) is 4.76. The van der Waals surface area contributed by atoms with Crippen LogP contribution in [0.25, 0.3) is 0 Å². The van der Waals surface area contributed by atoms with Crippen LogP contribution in [0.3, 0.4) is 0 Å². The maximum absolute atomic E-state index is 12.6. The zero-order valence-corrected chi connectivity index (χ0v) is 15.0. The zero-order valence-electron chi connectivity index (χ0n) is 15.0. The lowest BCUT2D eigenvalue weighted by molar-refractivity contribution is -0.137. The molecule has 0 radical (unpaired) electrons. The SMILES string of the molecule is O=C(Nc1ccc(C(F)(F)F)cc1)Nc1ccc(C23CCC(CO2)NC3)cc1.[HH]. The smallest absolute Gasteiger partial charge is 0.367 e. The van der Waals surface area contributed by atoms with Crippen LogP contribution in [-0.4, -0.2) is 25.2 Å². The van der Waals surface area contributed by atoms with Crippen LogP contribution < -0.4 is 16.0 Å². The quantitative estimate of drug-likeness (QED) is 0.716. The summed E-state index contributed by atoms with van der Waals surface area (Å²) in [6.45, 7) is 1.48. The molecular formula is C20H22F3N3O2. The predicted octanol–water partition coefficient (Wildman–Crippen LogP) is 4.57. The summed E-state index contributed by atoms with van der Waals surface area (Å²) in [5, 5.41) is 8.67. The van der Waals surface area contributed by atoms with Crippen molar-refractivity contribution in [2.45, 2.75) is 30.7 Å². The molecule has 0 spiro atoms. The van der Waals surface area contributed by atoms with Crippen molar-refractivity contribution in [1.29, 1.82) is 0 Å². The molecule has 2 bridgehead atoms. The number of hydrogen-bond donors (Lipinski definition) is 3. The Morgan fingerprint density at radius 3 is 2.14 bits per heavy atom. The third-order valence-electron chi connectivity index (χ3n) is 5.27. The van der Waals surface area contributed by atoms with Crippen molar-refractivity contribution in [2.75, 3.05) is 23.8 Å². The van der Waals surface area contributed by atoms with Gasteiger partial charge in [-0.1, -0.05) is 12.1 Å². The number of benzene rings is 2. The highest BCUT2D eigenvalue weighted by Crippen LogP contribution is 2.38. The molecule has 2 aromatic rings. The molecule has 3 aliphatic rings. The minimum Gasteiger partial charge on any atom is -0.367 e. The molecule has 2 amide bonds. The van der Waals surface area contributed by atoms with Crippen LogP contribution in [0.4, 0.5) is 29.3 Å². The topological polar surface area (TPSA) is 62.4 Å². The van der Waals surface area contributed by atoms with Gasteiger partial charge in [-0.15, -0.1) is 0 Å². The lowest BCUT2D eigenvalue weighted by Crippen LogP contribution is -2.57. The molecule has 2 unspecified atom stereocenters. The highest BCUT2D eigenvalue weighted by Gasteiger charge is 2.42. The molecular weight excluding hydrogens is 371 g/mol. The van der Waals surface area contributed by atoms with Gasteiger partial charge in [-0.05, 0) is 54.8 Å². The fourth-order valence-electron chi connectivity index (χ4n) is 3.66. The third kappa shape index (κ3) is 3.83. The van der Waals surface area contributed by atoms with E-state index in [1.54, 1.807) is 12.1 Å². The Hall–Kier alpha value is -2.58. The second-order valence-corrected chi connectivity index (χ2v) is 7.15. The minimum absolute atomic E-state index is 0. The van der Waals surface area contributed by atoms with Gasteiger partial charge >= 0.3 is 12.2 Å². The molecule has 150 valence electrons. The first-order valence-corrected chi connectivity index (χ1v) is 9.07. The summed E-state index contributed by atoms with van der Waals surface area (Å²) in [5.41, 5.74) is 0.852. The van der Waals surface area contributed by atoms with E-state index >= 15 is 0 Å². The van der Waals surface area contributed by atoms with Crippen molar-refractivity contribution in [3.63, 3.8) is 0 Å². The Bertz CT molecular complexity index is 835. The fourth-order valence-corrected chi connectivity index (χ4v) is 3.66. The van der Waals surface area contributed by atoms with Gasteiger partial charge in [0.25, 0.3) is 0 Å². The lowest BCUT2D eigenvalue weighted by atomic mass is 9.81. The number of urea groups is 1. The number of nitrogens with one attached hydrogen (secondary N) is 3. The van der Waals surface area contributed by atoms with E-state index in [0.717, 1.165) is 37.1 Å². The Morgan fingerprint density at radius 2 is 1.68 bits per heavy atom. The van der Waals surface area contributed by atoms with Gasteiger partial charge in [-0.2, -0.15) is 13.2 Å². The van der Waals surface area contributed by atoms with Gasteiger partial charge < -0.3 is 20.7 Å². The highest BCUT2D eigenvalue weighted by molar-refractivity contribution is 5.99. The maximum Gasteiger partial charge on any atom is 0.416 e. The summed E-state index contributed by atoms with van der Waals surface area (Å²) in [6, 6.07) is 11.7. The second-order valence-electron chi connectivity index (χ2n) is 7.15. The van der Waals surface area contributed by atoms with Crippen LogP contribution in [0.15, 0.2) is 48.5 Å². The van der Waals surface area contributed by atoms with E-state index < -0.39 is 17.8 Å². The van der Waals surface area contributed by atoms with Crippen LogP contribution in [0.2, 0.25) is 0 Å². The number of alkyl halides is 3. The summed E-state index contributed by atoms with van der Waals surface area (Å²) in [4.78, 5) is 12.1. The van der Waals surface area contributed by atoms with E-state index in [1.165, 1.54) is 12.1 Å². The number of anilines is 2. The zero-order chi connectivity index (χ0) is 19.8. The summed E-state index contributed by atoms with van der Waals surface area (Å²) >= 11 is 0. The summed E-state index contributed by atoms with van der Waals surface area (Å²) < 4.78 is 43.8. The number of carbonyl (C=O) groups excluding carboxylic acids is 1. The number of ether oxygens (including phenoxy) is 1. The molecule has 3 fully saturated rings. The first-order valence-electron chi connectivity index (χ1n) is 9.07.